The fraction of sp³-hybridized carbons (Fsp3) is 0.0952. The molecule has 0 aliphatic heterocycles. The molecular weight excluding hydrogens is 383 g/mol. The average Bonchev–Trinajstić information content (AvgIpc) is 3.12. The zero-order valence-corrected chi connectivity index (χ0v) is 15.8. The number of nitrogens with two attached hydrogens (primary N) is 1. The Morgan fingerprint density at radius 2 is 1.97 bits per heavy atom. The van der Waals surface area contributed by atoms with Crippen LogP contribution in [0.15, 0.2) is 48.8 Å². The number of halogens is 1. The molecular formula is C21H15FN8. The largest absolute Gasteiger partial charge is 0.382 e. The maximum absolute atomic E-state index is 14.0. The summed E-state index contributed by atoms with van der Waals surface area (Å²) in [6, 6.07) is 14.9. The first-order valence-electron chi connectivity index (χ1n) is 8.97. The van der Waals surface area contributed by atoms with E-state index in [-0.39, 0.29) is 17.2 Å². The van der Waals surface area contributed by atoms with E-state index in [4.69, 9.17) is 5.73 Å². The van der Waals surface area contributed by atoms with Gasteiger partial charge in [0.2, 0.25) is 0 Å². The van der Waals surface area contributed by atoms with Crippen LogP contribution in [0.25, 0.3) is 16.7 Å². The van der Waals surface area contributed by atoms with Gasteiger partial charge < -0.3 is 11.1 Å². The Kier molecular flexibility index (Phi) is 4.71. The van der Waals surface area contributed by atoms with Crippen molar-refractivity contribution in [2.75, 3.05) is 11.1 Å². The molecule has 1 atom stereocenters. The van der Waals surface area contributed by atoms with Crippen molar-refractivity contribution in [2.45, 2.75) is 13.0 Å². The smallest absolute Gasteiger partial charge is 0.150 e. The van der Waals surface area contributed by atoms with Crippen molar-refractivity contribution < 1.29 is 4.39 Å². The van der Waals surface area contributed by atoms with Gasteiger partial charge in [0.15, 0.2) is 0 Å². The lowest BCUT2D eigenvalue weighted by molar-refractivity contribution is 0.629. The number of rotatable bonds is 4. The maximum atomic E-state index is 14.0. The fourth-order valence-corrected chi connectivity index (χ4v) is 3.23. The monoisotopic (exact) mass is 398 g/mol. The van der Waals surface area contributed by atoms with Crippen molar-refractivity contribution in [2.24, 2.45) is 0 Å². The Balaban J connectivity index is 1.88. The Labute approximate surface area is 171 Å². The van der Waals surface area contributed by atoms with Crippen LogP contribution in [-0.2, 0) is 0 Å². The van der Waals surface area contributed by atoms with Crippen molar-refractivity contribution >= 4 is 22.7 Å². The molecule has 2 aromatic carbocycles. The van der Waals surface area contributed by atoms with E-state index in [9.17, 15) is 14.9 Å². The van der Waals surface area contributed by atoms with E-state index in [0.717, 1.165) is 0 Å². The van der Waals surface area contributed by atoms with Gasteiger partial charge in [-0.15, -0.1) is 0 Å². The third-order valence-electron chi connectivity index (χ3n) is 4.60. The zero-order valence-electron chi connectivity index (χ0n) is 15.8. The standard InChI is InChI=1S/C21H15FN8/c1-12(28-20-16(10-24)19(25)26-11-27-20)21-29-17-6-5-14(22)8-18(17)30(21)15-4-2-3-13(7-15)9-23/h2-8,11-12H,1H3,(H3,25,26,27,28)/t12-/m1/s1. The summed E-state index contributed by atoms with van der Waals surface area (Å²) in [5.41, 5.74) is 8.17. The van der Waals surface area contributed by atoms with E-state index < -0.39 is 11.9 Å². The van der Waals surface area contributed by atoms with E-state index in [2.05, 4.69) is 26.3 Å². The van der Waals surface area contributed by atoms with Crippen LogP contribution >= 0.6 is 0 Å². The van der Waals surface area contributed by atoms with E-state index in [1.165, 1.54) is 18.5 Å². The summed E-state index contributed by atoms with van der Waals surface area (Å²) < 4.78 is 15.8. The van der Waals surface area contributed by atoms with Crippen molar-refractivity contribution in [3.05, 3.63) is 71.6 Å². The second-order valence-corrected chi connectivity index (χ2v) is 6.56. The minimum Gasteiger partial charge on any atom is -0.382 e. The molecule has 4 rings (SSSR count). The molecule has 3 N–H and O–H groups in total. The zero-order chi connectivity index (χ0) is 21.3. The first-order chi connectivity index (χ1) is 14.5. The third-order valence-corrected chi connectivity index (χ3v) is 4.60. The van der Waals surface area contributed by atoms with Gasteiger partial charge in [-0.05, 0) is 37.3 Å². The van der Waals surface area contributed by atoms with Crippen LogP contribution in [0.4, 0.5) is 16.0 Å². The van der Waals surface area contributed by atoms with Crippen LogP contribution in [0.1, 0.15) is 29.9 Å². The predicted octanol–water partition coefficient (Wildman–Crippen LogP) is 3.45. The number of imidazole rings is 1. The van der Waals surface area contributed by atoms with Crippen LogP contribution in [0.3, 0.4) is 0 Å². The molecule has 0 spiro atoms. The highest BCUT2D eigenvalue weighted by Gasteiger charge is 2.21. The number of hydrogen-bond acceptors (Lipinski definition) is 7. The Morgan fingerprint density at radius 1 is 1.13 bits per heavy atom. The van der Waals surface area contributed by atoms with Crippen LogP contribution in [0, 0.1) is 28.5 Å². The Bertz CT molecular complexity index is 1350. The van der Waals surface area contributed by atoms with Gasteiger partial charge in [0.05, 0.1) is 28.7 Å². The predicted molar refractivity (Wildman–Crippen MR) is 109 cm³/mol. The molecule has 2 heterocycles. The van der Waals surface area contributed by atoms with Crippen LogP contribution in [0.2, 0.25) is 0 Å². The highest BCUT2D eigenvalue weighted by molar-refractivity contribution is 5.79. The molecule has 146 valence electrons. The summed E-state index contributed by atoms with van der Waals surface area (Å²) in [5.74, 6) is 0.488. The summed E-state index contributed by atoms with van der Waals surface area (Å²) >= 11 is 0. The SMILES string of the molecule is C[C@@H](Nc1ncnc(N)c1C#N)c1nc2ccc(F)cc2n1-c1cccc(C#N)c1. The number of nitrogens with one attached hydrogen (secondary N) is 1. The minimum absolute atomic E-state index is 0.0690. The second kappa shape index (κ2) is 7.49. The van der Waals surface area contributed by atoms with E-state index in [0.29, 0.717) is 28.1 Å². The van der Waals surface area contributed by atoms with Gasteiger partial charge in [-0.1, -0.05) is 6.07 Å². The second-order valence-electron chi connectivity index (χ2n) is 6.56. The number of hydrogen-bond donors (Lipinski definition) is 2. The lowest BCUT2D eigenvalue weighted by Gasteiger charge is -2.18. The van der Waals surface area contributed by atoms with Crippen molar-refractivity contribution in [1.82, 2.24) is 19.5 Å². The molecule has 0 bridgehead atoms. The molecule has 0 unspecified atom stereocenters. The number of nitrogens with zero attached hydrogens (tertiary/aromatic N) is 6. The summed E-state index contributed by atoms with van der Waals surface area (Å²) in [7, 11) is 0. The summed E-state index contributed by atoms with van der Waals surface area (Å²) in [4.78, 5) is 12.6. The summed E-state index contributed by atoms with van der Waals surface area (Å²) in [5, 5.41) is 21.8. The Morgan fingerprint density at radius 3 is 2.73 bits per heavy atom. The molecule has 0 aliphatic carbocycles. The number of nitriles is 2. The van der Waals surface area contributed by atoms with Gasteiger partial charge in [0, 0.05) is 11.8 Å². The normalized spacial score (nSPS) is 11.6. The first-order valence-corrected chi connectivity index (χ1v) is 8.97. The highest BCUT2D eigenvalue weighted by atomic mass is 19.1. The maximum Gasteiger partial charge on any atom is 0.150 e. The van der Waals surface area contributed by atoms with Gasteiger partial charge in [0.25, 0.3) is 0 Å². The average molecular weight is 398 g/mol. The molecule has 0 saturated heterocycles. The van der Waals surface area contributed by atoms with Gasteiger partial charge >= 0.3 is 0 Å². The number of aromatic nitrogens is 4. The van der Waals surface area contributed by atoms with E-state index in [1.807, 2.05) is 19.1 Å². The molecule has 0 amide bonds. The van der Waals surface area contributed by atoms with Gasteiger partial charge in [-0.3, -0.25) is 4.57 Å². The lowest BCUT2D eigenvalue weighted by Crippen LogP contribution is -2.15. The topological polar surface area (TPSA) is 129 Å². The van der Waals surface area contributed by atoms with Crippen LogP contribution < -0.4 is 11.1 Å². The van der Waals surface area contributed by atoms with Gasteiger partial charge in [0.1, 0.15) is 41.2 Å². The quantitative estimate of drug-likeness (QED) is 0.538. The molecule has 2 aromatic heterocycles. The first kappa shape index (κ1) is 18.8. The molecule has 8 nitrogen and oxygen atoms in total. The minimum atomic E-state index is -0.437. The lowest BCUT2D eigenvalue weighted by atomic mass is 10.2. The third kappa shape index (κ3) is 3.25. The summed E-state index contributed by atoms with van der Waals surface area (Å²) in [6.07, 6.45) is 1.26. The molecule has 4 aromatic rings. The number of nitrogen functional groups attached to an aromatic ring is 1. The van der Waals surface area contributed by atoms with Crippen molar-refractivity contribution in [1.29, 1.82) is 10.5 Å². The van der Waals surface area contributed by atoms with E-state index in [1.54, 1.807) is 28.8 Å². The molecule has 0 fully saturated rings. The number of anilines is 2. The molecule has 0 saturated carbocycles. The molecule has 0 aliphatic rings. The van der Waals surface area contributed by atoms with Crippen molar-refractivity contribution in [3.63, 3.8) is 0 Å². The summed E-state index contributed by atoms with van der Waals surface area (Å²) in [6.45, 7) is 1.83. The van der Waals surface area contributed by atoms with E-state index >= 15 is 0 Å². The number of benzene rings is 2. The van der Waals surface area contributed by atoms with Crippen LogP contribution in [-0.4, -0.2) is 19.5 Å². The van der Waals surface area contributed by atoms with Crippen LogP contribution in [0.5, 0.6) is 0 Å². The van der Waals surface area contributed by atoms with Crippen molar-refractivity contribution in [3.8, 4) is 17.8 Å². The molecule has 30 heavy (non-hydrogen) atoms. The fourth-order valence-electron chi connectivity index (χ4n) is 3.23. The van der Waals surface area contributed by atoms with Gasteiger partial charge in [-0.25, -0.2) is 19.3 Å². The van der Waals surface area contributed by atoms with Gasteiger partial charge in [-0.2, -0.15) is 10.5 Å². The number of fused-ring (bicyclic) bond motifs is 1. The Hall–Kier alpha value is -4.50. The molecule has 9 heteroatoms. The highest BCUT2D eigenvalue weighted by Crippen LogP contribution is 2.29. The molecule has 0 radical (unpaired) electrons.